The fraction of sp³-hybridized carbons (Fsp3) is 0.455. The molecule has 0 amide bonds. The Hall–Kier alpha value is -0.470. The van der Waals surface area contributed by atoms with Crippen LogP contribution in [-0.2, 0) is 21.3 Å². The first-order valence-electron chi connectivity index (χ1n) is 5.61. The second-order valence-electron chi connectivity index (χ2n) is 4.15. The van der Waals surface area contributed by atoms with Crippen LogP contribution < -0.4 is 10.5 Å². The minimum atomic E-state index is -3.52. The summed E-state index contributed by atoms with van der Waals surface area (Å²) in [6.45, 7) is 1.40. The smallest absolute Gasteiger partial charge is 0.242 e. The molecular weight excluding hydrogens is 320 g/mol. The van der Waals surface area contributed by atoms with Crippen molar-refractivity contribution in [2.24, 2.45) is 5.73 Å². The number of hydrogen-bond donors (Lipinski definition) is 2. The van der Waals surface area contributed by atoms with Crippen LogP contribution in [-0.4, -0.2) is 27.7 Å². The summed E-state index contributed by atoms with van der Waals surface area (Å²) in [5.74, 6) is 0. The summed E-state index contributed by atoms with van der Waals surface area (Å²) in [6, 6.07) is 4.85. The quantitative estimate of drug-likeness (QED) is 0.859. The zero-order chi connectivity index (χ0) is 13.2. The largest absolute Gasteiger partial charge is 0.380 e. The Morgan fingerprint density at radius 3 is 2.83 bits per heavy atom. The van der Waals surface area contributed by atoms with Crippen LogP contribution in [0, 0.1) is 0 Å². The van der Waals surface area contributed by atoms with Gasteiger partial charge in [0.15, 0.2) is 0 Å². The maximum absolute atomic E-state index is 12.2. The molecule has 1 heterocycles. The van der Waals surface area contributed by atoms with Crippen LogP contribution in [0.1, 0.15) is 12.0 Å². The average Bonchev–Trinajstić information content (AvgIpc) is 2.80. The first-order chi connectivity index (χ1) is 8.53. The molecule has 18 heavy (non-hydrogen) atoms. The number of ether oxygens (including phenoxy) is 1. The number of nitrogens with two attached hydrogens (primary N) is 1. The van der Waals surface area contributed by atoms with Crippen molar-refractivity contribution in [3.8, 4) is 0 Å². The van der Waals surface area contributed by atoms with Gasteiger partial charge in [-0.05, 0) is 40.0 Å². The maximum Gasteiger partial charge on any atom is 0.242 e. The summed E-state index contributed by atoms with van der Waals surface area (Å²) < 4.78 is 32.7. The third-order valence-corrected chi connectivity index (χ3v) is 5.27. The molecule has 1 aliphatic rings. The molecule has 0 aliphatic carbocycles. The SMILES string of the molecule is NCc1ccc(S(=O)(=O)NC2CCOC2)c(Br)c1. The average molecular weight is 335 g/mol. The first-order valence-corrected chi connectivity index (χ1v) is 7.89. The highest BCUT2D eigenvalue weighted by Gasteiger charge is 2.24. The highest BCUT2D eigenvalue weighted by atomic mass is 79.9. The van der Waals surface area contributed by atoms with Crippen molar-refractivity contribution < 1.29 is 13.2 Å². The normalized spacial score (nSPS) is 20.2. The zero-order valence-corrected chi connectivity index (χ0v) is 12.1. The van der Waals surface area contributed by atoms with Crippen LogP contribution in [0.4, 0.5) is 0 Å². The predicted molar refractivity (Wildman–Crippen MR) is 71.6 cm³/mol. The van der Waals surface area contributed by atoms with E-state index in [4.69, 9.17) is 10.5 Å². The molecule has 1 unspecified atom stereocenters. The molecule has 1 aromatic rings. The number of rotatable bonds is 4. The Balaban J connectivity index is 2.23. The van der Waals surface area contributed by atoms with Gasteiger partial charge in [-0.15, -0.1) is 0 Å². The Morgan fingerprint density at radius 1 is 1.50 bits per heavy atom. The molecule has 1 fully saturated rings. The Labute approximate surface area is 115 Å². The van der Waals surface area contributed by atoms with E-state index in [1.165, 1.54) is 0 Å². The summed E-state index contributed by atoms with van der Waals surface area (Å²) in [5.41, 5.74) is 6.39. The zero-order valence-electron chi connectivity index (χ0n) is 9.73. The summed E-state index contributed by atoms with van der Waals surface area (Å²) in [6.07, 6.45) is 0.706. The molecule has 0 saturated carbocycles. The molecule has 7 heteroatoms. The number of benzene rings is 1. The monoisotopic (exact) mass is 334 g/mol. The Bertz CT molecular complexity index is 527. The maximum atomic E-state index is 12.2. The summed E-state index contributed by atoms with van der Waals surface area (Å²) in [7, 11) is -3.52. The Kier molecular flexibility index (Phi) is 4.39. The van der Waals surface area contributed by atoms with Gasteiger partial charge in [-0.3, -0.25) is 0 Å². The van der Waals surface area contributed by atoms with Crippen LogP contribution in [0.2, 0.25) is 0 Å². The standard InChI is InChI=1S/C11H15BrN2O3S/c12-10-5-8(6-13)1-2-11(10)18(15,16)14-9-3-4-17-7-9/h1-2,5,9,14H,3-4,6-7,13H2. The van der Waals surface area contributed by atoms with Crippen molar-refractivity contribution >= 4 is 26.0 Å². The number of sulfonamides is 1. The van der Waals surface area contributed by atoms with Crippen molar-refractivity contribution in [3.05, 3.63) is 28.2 Å². The molecule has 1 aliphatic heterocycles. The molecule has 5 nitrogen and oxygen atoms in total. The lowest BCUT2D eigenvalue weighted by atomic mass is 10.2. The van der Waals surface area contributed by atoms with Crippen LogP contribution in [0.25, 0.3) is 0 Å². The fourth-order valence-corrected chi connectivity index (χ4v) is 4.18. The van der Waals surface area contributed by atoms with Crippen molar-refractivity contribution in [2.45, 2.75) is 23.9 Å². The van der Waals surface area contributed by atoms with Gasteiger partial charge in [0.2, 0.25) is 10.0 Å². The number of nitrogens with one attached hydrogen (secondary N) is 1. The molecule has 1 saturated heterocycles. The first kappa shape index (κ1) is 14.0. The molecule has 3 N–H and O–H groups in total. The minimum Gasteiger partial charge on any atom is -0.380 e. The van der Waals surface area contributed by atoms with Gasteiger partial charge in [0.1, 0.15) is 0 Å². The molecule has 2 rings (SSSR count). The van der Waals surface area contributed by atoms with E-state index in [0.29, 0.717) is 30.7 Å². The second-order valence-corrected chi connectivity index (χ2v) is 6.69. The van der Waals surface area contributed by atoms with Crippen molar-refractivity contribution in [2.75, 3.05) is 13.2 Å². The van der Waals surface area contributed by atoms with Crippen LogP contribution in [0.15, 0.2) is 27.6 Å². The fourth-order valence-electron chi connectivity index (χ4n) is 1.80. The van der Waals surface area contributed by atoms with E-state index >= 15 is 0 Å². The summed E-state index contributed by atoms with van der Waals surface area (Å²) >= 11 is 3.27. The highest BCUT2D eigenvalue weighted by Crippen LogP contribution is 2.23. The number of halogens is 1. The van der Waals surface area contributed by atoms with Crippen LogP contribution >= 0.6 is 15.9 Å². The second kappa shape index (κ2) is 5.66. The van der Waals surface area contributed by atoms with E-state index in [-0.39, 0.29) is 10.9 Å². The van der Waals surface area contributed by atoms with E-state index in [1.54, 1.807) is 18.2 Å². The van der Waals surface area contributed by atoms with E-state index < -0.39 is 10.0 Å². The van der Waals surface area contributed by atoms with E-state index in [2.05, 4.69) is 20.7 Å². The molecular formula is C11H15BrN2O3S. The van der Waals surface area contributed by atoms with E-state index in [1.807, 2.05) is 0 Å². The van der Waals surface area contributed by atoms with Gasteiger partial charge in [-0.2, -0.15) is 0 Å². The van der Waals surface area contributed by atoms with Gasteiger partial charge in [0.25, 0.3) is 0 Å². The van der Waals surface area contributed by atoms with Gasteiger partial charge in [-0.1, -0.05) is 6.07 Å². The van der Waals surface area contributed by atoms with Gasteiger partial charge in [-0.25, -0.2) is 13.1 Å². The molecule has 100 valence electrons. The molecule has 0 aromatic heterocycles. The summed E-state index contributed by atoms with van der Waals surface area (Å²) in [5, 5.41) is 0. The third kappa shape index (κ3) is 3.10. The van der Waals surface area contributed by atoms with E-state index in [0.717, 1.165) is 5.56 Å². The van der Waals surface area contributed by atoms with Crippen molar-refractivity contribution in [1.82, 2.24) is 4.72 Å². The topological polar surface area (TPSA) is 81.4 Å². The van der Waals surface area contributed by atoms with Gasteiger partial charge < -0.3 is 10.5 Å². The lowest BCUT2D eigenvalue weighted by Crippen LogP contribution is -2.35. The Morgan fingerprint density at radius 2 is 2.28 bits per heavy atom. The highest BCUT2D eigenvalue weighted by molar-refractivity contribution is 9.10. The third-order valence-electron chi connectivity index (χ3n) is 2.77. The molecule has 0 spiro atoms. The van der Waals surface area contributed by atoms with Crippen LogP contribution in [0.3, 0.4) is 0 Å². The lowest BCUT2D eigenvalue weighted by molar-refractivity contribution is 0.192. The molecule has 0 radical (unpaired) electrons. The predicted octanol–water partition coefficient (Wildman–Crippen LogP) is 0.975. The molecule has 1 aromatic carbocycles. The minimum absolute atomic E-state index is 0.143. The lowest BCUT2D eigenvalue weighted by Gasteiger charge is -2.13. The van der Waals surface area contributed by atoms with Gasteiger partial charge in [0.05, 0.1) is 11.5 Å². The van der Waals surface area contributed by atoms with Crippen molar-refractivity contribution in [1.29, 1.82) is 0 Å². The number of hydrogen-bond acceptors (Lipinski definition) is 4. The van der Waals surface area contributed by atoms with E-state index in [9.17, 15) is 8.42 Å². The van der Waals surface area contributed by atoms with Crippen LogP contribution in [0.5, 0.6) is 0 Å². The molecule has 0 bridgehead atoms. The van der Waals surface area contributed by atoms with Gasteiger partial charge in [0, 0.05) is 23.7 Å². The summed E-state index contributed by atoms with van der Waals surface area (Å²) in [4.78, 5) is 0.228. The van der Waals surface area contributed by atoms with Crippen molar-refractivity contribution in [3.63, 3.8) is 0 Å². The van der Waals surface area contributed by atoms with Gasteiger partial charge >= 0.3 is 0 Å². The molecule has 1 atom stereocenters.